The van der Waals surface area contributed by atoms with Gasteiger partial charge in [0.2, 0.25) is 0 Å². The van der Waals surface area contributed by atoms with Crippen LogP contribution in [0, 0.1) is 6.92 Å². The van der Waals surface area contributed by atoms with Crippen molar-refractivity contribution in [3.63, 3.8) is 0 Å². The van der Waals surface area contributed by atoms with Crippen molar-refractivity contribution in [3.05, 3.63) is 16.1 Å². The third-order valence-electron chi connectivity index (χ3n) is 3.50. The smallest absolute Gasteiger partial charge is 0.265 e. The van der Waals surface area contributed by atoms with Crippen molar-refractivity contribution in [2.24, 2.45) is 0 Å². The zero-order valence-electron chi connectivity index (χ0n) is 11.8. The van der Waals surface area contributed by atoms with E-state index in [4.69, 9.17) is 0 Å². The van der Waals surface area contributed by atoms with E-state index in [0.717, 1.165) is 42.4 Å². The van der Waals surface area contributed by atoms with E-state index in [0.29, 0.717) is 6.04 Å². The number of thiazole rings is 1. The van der Waals surface area contributed by atoms with E-state index < -0.39 is 0 Å². The van der Waals surface area contributed by atoms with Gasteiger partial charge in [-0.05, 0) is 32.7 Å². The Kier molecular flexibility index (Phi) is 5.34. The van der Waals surface area contributed by atoms with E-state index in [1.165, 1.54) is 24.2 Å². The maximum Gasteiger partial charge on any atom is 0.265 e. The minimum atomic E-state index is 0.146. The molecule has 106 valence electrons. The molecule has 0 aromatic carbocycles. The average molecular weight is 281 g/mol. The molecule has 0 spiro atoms. The minimum absolute atomic E-state index is 0.146. The number of hydrogen-bond acceptors (Lipinski definition) is 4. The molecule has 1 amide bonds. The van der Waals surface area contributed by atoms with Crippen LogP contribution in [0.25, 0.3) is 0 Å². The van der Waals surface area contributed by atoms with Crippen LogP contribution >= 0.6 is 11.3 Å². The number of rotatable bonds is 6. The summed E-state index contributed by atoms with van der Waals surface area (Å²) in [5.41, 5.74) is 0. The van der Waals surface area contributed by atoms with Crippen LogP contribution in [0.3, 0.4) is 0 Å². The van der Waals surface area contributed by atoms with Crippen molar-refractivity contribution in [1.82, 2.24) is 15.2 Å². The molecule has 1 saturated heterocycles. The van der Waals surface area contributed by atoms with Crippen molar-refractivity contribution in [2.75, 3.05) is 19.6 Å². The summed E-state index contributed by atoms with van der Waals surface area (Å²) in [6, 6.07) is 0.467. The molecule has 19 heavy (non-hydrogen) atoms. The Morgan fingerprint density at radius 1 is 1.63 bits per heavy atom. The molecule has 2 heterocycles. The van der Waals surface area contributed by atoms with Crippen LogP contribution < -0.4 is 5.32 Å². The van der Waals surface area contributed by atoms with E-state index in [1.807, 2.05) is 11.8 Å². The Bertz CT molecular complexity index is 413. The first-order valence-corrected chi connectivity index (χ1v) is 7.97. The lowest BCUT2D eigenvalue weighted by atomic mass is 10.2. The van der Waals surface area contributed by atoms with Crippen LogP contribution in [0.2, 0.25) is 0 Å². The number of nitrogens with zero attached hydrogens (tertiary/aromatic N) is 2. The standard InChI is InChI=1S/C14H23N3OS/c1-3-4-8-17(10-12-6-5-7-15-12)14(18)13-9-16-11(2)19-13/h9,12,15H,3-8,10H2,1-2H3. The Morgan fingerprint density at radius 3 is 3.05 bits per heavy atom. The van der Waals surface area contributed by atoms with Crippen molar-refractivity contribution in [2.45, 2.75) is 45.6 Å². The van der Waals surface area contributed by atoms with Gasteiger partial charge in [0.05, 0.1) is 11.2 Å². The molecule has 0 radical (unpaired) electrons. The number of aryl methyl sites for hydroxylation is 1. The predicted octanol–water partition coefficient (Wildman–Crippen LogP) is 2.45. The van der Waals surface area contributed by atoms with E-state index in [9.17, 15) is 4.79 Å². The normalized spacial score (nSPS) is 18.7. The van der Waals surface area contributed by atoms with Gasteiger partial charge in [0.25, 0.3) is 5.91 Å². The quantitative estimate of drug-likeness (QED) is 0.871. The van der Waals surface area contributed by atoms with E-state index in [2.05, 4.69) is 17.2 Å². The first-order chi connectivity index (χ1) is 9.20. The van der Waals surface area contributed by atoms with Crippen molar-refractivity contribution in [1.29, 1.82) is 0 Å². The largest absolute Gasteiger partial charge is 0.336 e. The summed E-state index contributed by atoms with van der Waals surface area (Å²) in [5, 5.41) is 4.43. The average Bonchev–Trinajstić information content (AvgIpc) is 3.05. The summed E-state index contributed by atoms with van der Waals surface area (Å²) in [5.74, 6) is 0.146. The van der Waals surface area contributed by atoms with Crippen LogP contribution in [0.1, 0.15) is 47.3 Å². The molecule has 1 aliphatic rings. The van der Waals surface area contributed by atoms with Crippen LogP contribution in [0.4, 0.5) is 0 Å². The highest BCUT2D eigenvalue weighted by Crippen LogP contribution is 2.16. The number of carbonyl (C=O) groups excluding carboxylic acids is 1. The van der Waals surface area contributed by atoms with E-state index in [1.54, 1.807) is 6.20 Å². The van der Waals surface area contributed by atoms with Crippen molar-refractivity contribution >= 4 is 17.2 Å². The molecule has 5 heteroatoms. The van der Waals surface area contributed by atoms with Gasteiger partial charge in [-0.15, -0.1) is 11.3 Å². The highest BCUT2D eigenvalue weighted by Gasteiger charge is 2.23. The Hall–Kier alpha value is -0.940. The zero-order valence-corrected chi connectivity index (χ0v) is 12.6. The third kappa shape index (κ3) is 4.01. The van der Waals surface area contributed by atoms with Gasteiger partial charge in [0.15, 0.2) is 0 Å². The monoisotopic (exact) mass is 281 g/mol. The molecule has 0 bridgehead atoms. The third-order valence-corrected chi connectivity index (χ3v) is 4.40. The van der Waals surface area contributed by atoms with Gasteiger partial charge in [-0.3, -0.25) is 4.79 Å². The van der Waals surface area contributed by atoms with E-state index in [-0.39, 0.29) is 5.91 Å². The Labute approximate surface area is 119 Å². The minimum Gasteiger partial charge on any atom is -0.336 e. The second-order valence-electron chi connectivity index (χ2n) is 5.14. The van der Waals surface area contributed by atoms with Gasteiger partial charge in [-0.2, -0.15) is 0 Å². The van der Waals surface area contributed by atoms with Gasteiger partial charge in [-0.25, -0.2) is 4.98 Å². The molecule has 1 fully saturated rings. The topological polar surface area (TPSA) is 45.2 Å². The van der Waals surface area contributed by atoms with Crippen LogP contribution in [-0.4, -0.2) is 41.5 Å². The molecule has 2 rings (SSSR count). The Balaban J connectivity index is 2.00. The van der Waals surface area contributed by atoms with Crippen molar-refractivity contribution in [3.8, 4) is 0 Å². The summed E-state index contributed by atoms with van der Waals surface area (Å²) in [6.45, 7) is 6.87. The van der Waals surface area contributed by atoms with Gasteiger partial charge in [0.1, 0.15) is 4.88 Å². The molecule has 1 aliphatic heterocycles. The number of unbranched alkanes of at least 4 members (excludes halogenated alkanes) is 1. The molecule has 1 unspecified atom stereocenters. The predicted molar refractivity (Wildman–Crippen MR) is 78.7 cm³/mol. The summed E-state index contributed by atoms with van der Waals surface area (Å²) in [7, 11) is 0. The number of carbonyl (C=O) groups is 1. The van der Waals surface area contributed by atoms with E-state index >= 15 is 0 Å². The molecular weight excluding hydrogens is 258 g/mol. The van der Waals surface area contributed by atoms with Gasteiger partial charge in [-0.1, -0.05) is 13.3 Å². The highest BCUT2D eigenvalue weighted by molar-refractivity contribution is 7.13. The summed E-state index contributed by atoms with van der Waals surface area (Å²) >= 11 is 1.49. The second-order valence-corrected chi connectivity index (χ2v) is 6.38. The molecule has 1 N–H and O–H groups in total. The maximum atomic E-state index is 12.5. The van der Waals surface area contributed by atoms with Crippen LogP contribution in [0.15, 0.2) is 6.20 Å². The molecule has 4 nitrogen and oxygen atoms in total. The fourth-order valence-electron chi connectivity index (χ4n) is 2.42. The van der Waals surface area contributed by atoms with Crippen molar-refractivity contribution < 1.29 is 4.79 Å². The molecule has 1 aromatic rings. The molecule has 1 atom stereocenters. The first-order valence-electron chi connectivity index (χ1n) is 7.15. The van der Waals surface area contributed by atoms with Crippen LogP contribution in [0.5, 0.6) is 0 Å². The number of hydrogen-bond donors (Lipinski definition) is 1. The molecule has 0 saturated carbocycles. The summed E-state index contributed by atoms with van der Waals surface area (Å²) in [6.07, 6.45) is 6.29. The fourth-order valence-corrected chi connectivity index (χ4v) is 3.16. The van der Waals surface area contributed by atoms with Gasteiger partial charge in [0, 0.05) is 19.1 Å². The maximum absolute atomic E-state index is 12.5. The summed E-state index contributed by atoms with van der Waals surface area (Å²) < 4.78 is 0. The van der Waals surface area contributed by atoms with Crippen LogP contribution in [-0.2, 0) is 0 Å². The second kappa shape index (κ2) is 7.01. The fraction of sp³-hybridized carbons (Fsp3) is 0.714. The Morgan fingerprint density at radius 2 is 2.47 bits per heavy atom. The highest BCUT2D eigenvalue weighted by atomic mass is 32.1. The lowest BCUT2D eigenvalue weighted by molar-refractivity contribution is 0.0744. The van der Waals surface area contributed by atoms with Gasteiger partial charge >= 0.3 is 0 Å². The molecular formula is C14H23N3OS. The SMILES string of the molecule is CCCCN(CC1CCCN1)C(=O)c1cnc(C)s1. The zero-order chi connectivity index (χ0) is 13.7. The lowest BCUT2D eigenvalue weighted by Gasteiger charge is -2.25. The lowest BCUT2D eigenvalue weighted by Crippen LogP contribution is -2.41. The molecule has 0 aliphatic carbocycles. The number of nitrogens with one attached hydrogen (secondary N) is 1. The first kappa shape index (κ1) is 14.5. The summed E-state index contributed by atoms with van der Waals surface area (Å²) in [4.78, 5) is 19.5. The van der Waals surface area contributed by atoms with Gasteiger partial charge < -0.3 is 10.2 Å². The molecule has 1 aromatic heterocycles. The number of amides is 1. The number of aromatic nitrogens is 1.